The molecule has 1 saturated heterocycles. The smallest absolute Gasteiger partial charge is 0.245 e. The Morgan fingerprint density at radius 3 is 3.05 bits per heavy atom. The van der Waals surface area contributed by atoms with Crippen LogP contribution in [0.1, 0.15) is 19.8 Å². The summed E-state index contributed by atoms with van der Waals surface area (Å²) in [5, 5.41) is 4.28. The van der Waals surface area contributed by atoms with E-state index in [9.17, 15) is 9.59 Å². The molecule has 0 radical (unpaired) electrons. The van der Waals surface area contributed by atoms with E-state index in [2.05, 4.69) is 10.3 Å². The number of aromatic nitrogens is 1. The summed E-state index contributed by atoms with van der Waals surface area (Å²) in [5.74, 6) is -0.546. The van der Waals surface area contributed by atoms with Crippen molar-refractivity contribution in [2.24, 2.45) is 0 Å². The Morgan fingerprint density at radius 1 is 1.67 bits per heavy atom. The van der Waals surface area contributed by atoms with E-state index in [1.165, 1.54) is 16.2 Å². The maximum Gasteiger partial charge on any atom is 0.245 e. The number of rotatable bonds is 6. The van der Waals surface area contributed by atoms with Crippen molar-refractivity contribution >= 4 is 39.9 Å². The molecule has 0 aliphatic carbocycles. The van der Waals surface area contributed by atoms with Gasteiger partial charge in [0.25, 0.3) is 0 Å². The van der Waals surface area contributed by atoms with Crippen LogP contribution in [0.5, 0.6) is 0 Å². The molecule has 0 spiro atoms. The fourth-order valence-electron chi connectivity index (χ4n) is 2.14. The quantitative estimate of drug-likeness (QED) is 0.806. The van der Waals surface area contributed by atoms with Gasteiger partial charge in [-0.25, -0.2) is 4.98 Å². The van der Waals surface area contributed by atoms with Crippen molar-refractivity contribution in [3.8, 4) is 0 Å². The molecule has 0 aromatic carbocycles. The standard InChI is InChI=1S/C13H18ClN3O3S/c1-9(14)12(19)17(7-10-3-2-5-20-10)8-11(18)16-13-15-4-6-21-13/h4,6,9-10H,2-3,5,7-8H2,1H3,(H,15,16,18)/t9-,10+/m1/s1. The molecule has 21 heavy (non-hydrogen) atoms. The van der Waals surface area contributed by atoms with Crippen LogP contribution in [0.15, 0.2) is 11.6 Å². The summed E-state index contributed by atoms with van der Waals surface area (Å²) in [5.41, 5.74) is 0. The number of hydrogen-bond acceptors (Lipinski definition) is 5. The van der Waals surface area contributed by atoms with E-state index in [-0.39, 0.29) is 24.5 Å². The van der Waals surface area contributed by atoms with Crippen LogP contribution in [0.4, 0.5) is 5.13 Å². The van der Waals surface area contributed by atoms with Gasteiger partial charge in [0.2, 0.25) is 11.8 Å². The molecule has 0 saturated carbocycles. The maximum absolute atomic E-state index is 12.1. The largest absolute Gasteiger partial charge is 0.376 e. The van der Waals surface area contributed by atoms with Gasteiger partial charge in [-0.2, -0.15) is 0 Å². The fourth-order valence-corrected chi connectivity index (χ4v) is 2.82. The molecular formula is C13H18ClN3O3S. The number of ether oxygens (including phenoxy) is 1. The molecule has 116 valence electrons. The number of nitrogens with zero attached hydrogens (tertiary/aromatic N) is 2. The third kappa shape index (κ3) is 4.94. The summed E-state index contributed by atoms with van der Waals surface area (Å²) in [6, 6.07) is 0. The lowest BCUT2D eigenvalue weighted by Crippen LogP contribution is -2.44. The van der Waals surface area contributed by atoms with E-state index in [0.717, 1.165) is 12.8 Å². The molecule has 2 amide bonds. The van der Waals surface area contributed by atoms with Gasteiger partial charge < -0.3 is 15.0 Å². The number of hydrogen-bond donors (Lipinski definition) is 1. The molecule has 1 fully saturated rings. The van der Waals surface area contributed by atoms with Crippen molar-refractivity contribution in [2.45, 2.75) is 31.2 Å². The molecule has 0 bridgehead atoms. The molecule has 8 heteroatoms. The SMILES string of the molecule is C[C@@H](Cl)C(=O)N(CC(=O)Nc1nccs1)C[C@@H]1CCCO1. The van der Waals surface area contributed by atoms with E-state index >= 15 is 0 Å². The summed E-state index contributed by atoms with van der Waals surface area (Å²) >= 11 is 7.19. The minimum atomic E-state index is -0.668. The highest BCUT2D eigenvalue weighted by Crippen LogP contribution is 2.15. The van der Waals surface area contributed by atoms with Gasteiger partial charge in [-0.05, 0) is 19.8 Å². The number of anilines is 1. The zero-order valence-electron chi connectivity index (χ0n) is 11.8. The van der Waals surface area contributed by atoms with Gasteiger partial charge in [0.15, 0.2) is 5.13 Å². The van der Waals surface area contributed by atoms with Gasteiger partial charge >= 0.3 is 0 Å². The monoisotopic (exact) mass is 331 g/mol. The Balaban J connectivity index is 1.93. The van der Waals surface area contributed by atoms with Crippen LogP contribution in [-0.4, -0.2) is 52.9 Å². The summed E-state index contributed by atoms with van der Waals surface area (Å²) in [6.07, 6.45) is 3.47. The first-order valence-electron chi connectivity index (χ1n) is 6.80. The van der Waals surface area contributed by atoms with Crippen LogP contribution in [0.25, 0.3) is 0 Å². The van der Waals surface area contributed by atoms with Crippen LogP contribution < -0.4 is 5.32 Å². The summed E-state index contributed by atoms with van der Waals surface area (Å²) in [6.45, 7) is 2.65. The Labute approximate surface area is 132 Å². The molecule has 6 nitrogen and oxygen atoms in total. The van der Waals surface area contributed by atoms with E-state index in [1.54, 1.807) is 18.5 Å². The Bertz CT molecular complexity index is 475. The first kappa shape index (κ1) is 16.2. The number of halogens is 1. The lowest BCUT2D eigenvalue weighted by molar-refractivity contribution is -0.135. The van der Waals surface area contributed by atoms with Crippen molar-refractivity contribution in [1.29, 1.82) is 0 Å². The van der Waals surface area contributed by atoms with E-state index < -0.39 is 5.38 Å². The van der Waals surface area contributed by atoms with E-state index in [4.69, 9.17) is 16.3 Å². The van der Waals surface area contributed by atoms with Crippen LogP contribution in [0.2, 0.25) is 0 Å². The molecule has 0 unspecified atom stereocenters. The molecule has 2 atom stereocenters. The number of carbonyl (C=O) groups is 2. The Kier molecular flexibility index (Phi) is 5.96. The van der Waals surface area contributed by atoms with Gasteiger partial charge in [0.1, 0.15) is 11.9 Å². The normalized spacial score (nSPS) is 19.2. The summed E-state index contributed by atoms with van der Waals surface area (Å²) < 4.78 is 5.52. The second kappa shape index (κ2) is 7.72. The highest BCUT2D eigenvalue weighted by atomic mass is 35.5. The summed E-state index contributed by atoms with van der Waals surface area (Å²) in [7, 11) is 0. The average Bonchev–Trinajstić information content (AvgIpc) is 3.10. The van der Waals surface area contributed by atoms with Crippen LogP contribution in [0, 0.1) is 0 Å². The molecule has 1 aromatic heterocycles. The van der Waals surface area contributed by atoms with Crippen molar-refractivity contribution < 1.29 is 14.3 Å². The minimum Gasteiger partial charge on any atom is -0.376 e. The number of alkyl halides is 1. The minimum absolute atomic E-state index is 0.0166. The van der Waals surface area contributed by atoms with E-state index in [1.807, 2.05) is 0 Å². The van der Waals surface area contributed by atoms with Gasteiger partial charge in [0.05, 0.1) is 6.10 Å². The average molecular weight is 332 g/mol. The third-order valence-corrected chi connectivity index (χ3v) is 3.99. The number of amides is 2. The second-order valence-electron chi connectivity index (χ2n) is 4.86. The zero-order valence-corrected chi connectivity index (χ0v) is 13.3. The fraction of sp³-hybridized carbons (Fsp3) is 0.615. The van der Waals surface area contributed by atoms with Gasteiger partial charge in [0, 0.05) is 24.7 Å². The molecule has 2 rings (SSSR count). The number of nitrogens with one attached hydrogen (secondary N) is 1. The van der Waals surface area contributed by atoms with Gasteiger partial charge in [-0.3, -0.25) is 9.59 Å². The Morgan fingerprint density at radius 2 is 2.48 bits per heavy atom. The van der Waals surface area contributed by atoms with Crippen LogP contribution >= 0.6 is 22.9 Å². The van der Waals surface area contributed by atoms with Crippen molar-refractivity contribution in [1.82, 2.24) is 9.88 Å². The predicted octanol–water partition coefficient (Wildman–Crippen LogP) is 1.72. The molecule has 1 aliphatic rings. The molecule has 1 N–H and O–H groups in total. The van der Waals surface area contributed by atoms with Gasteiger partial charge in [-0.15, -0.1) is 22.9 Å². The molecule has 2 heterocycles. The molecule has 1 aliphatic heterocycles. The Hall–Kier alpha value is -1.18. The maximum atomic E-state index is 12.1. The summed E-state index contributed by atoms with van der Waals surface area (Å²) in [4.78, 5) is 29.5. The predicted molar refractivity (Wildman–Crippen MR) is 81.6 cm³/mol. The zero-order chi connectivity index (χ0) is 15.2. The van der Waals surface area contributed by atoms with E-state index in [0.29, 0.717) is 18.3 Å². The van der Waals surface area contributed by atoms with Crippen molar-refractivity contribution in [2.75, 3.05) is 25.0 Å². The highest BCUT2D eigenvalue weighted by Gasteiger charge is 2.26. The first-order chi connectivity index (χ1) is 10.1. The second-order valence-corrected chi connectivity index (χ2v) is 6.40. The topological polar surface area (TPSA) is 71.5 Å². The number of carbonyl (C=O) groups excluding carboxylic acids is 2. The van der Waals surface area contributed by atoms with Crippen LogP contribution in [-0.2, 0) is 14.3 Å². The van der Waals surface area contributed by atoms with Crippen LogP contribution in [0.3, 0.4) is 0 Å². The number of thiazole rings is 1. The lowest BCUT2D eigenvalue weighted by atomic mass is 10.2. The molecule has 1 aromatic rings. The third-order valence-electron chi connectivity index (χ3n) is 3.11. The van der Waals surface area contributed by atoms with Gasteiger partial charge in [-0.1, -0.05) is 0 Å². The molecular weight excluding hydrogens is 314 g/mol. The first-order valence-corrected chi connectivity index (χ1v) is 8.11. The van der Waals surface area contributed by atoms with Crippen molar-refractivity contribution in [3.05, 3.63) is 11.6 Å². The lowest BCUT2D eigenvalue weighted by Gasteiger charge is -2.25. The highest BCUT2D eigenvalue weighted by molar-refractivity contribution is 7.13. The van der Waals surface area contributed by atoms with Crippen molar-refractivity contribution in [3.63, 3.8) is 0 Å².